The third-order valence-corrected chi connectivity index (χ3v) is 8.08. The Morgan fingerprint density at radius 1 is 1.15 bits per heavy atom. The number of ether oxygens (including phenoxy) is 3. The van der Waals surface area contributed by atoms with E-state index in [-0.39, 0.29) is 11.2 Å². The van der Waals surface area contributed by atoms with Crippen LogP contribution in [-0.4, -0.2) is 37.6 Å². The van der Waals surface area contributed by atoms with Crippen LogP contribution in [0.5, 0.6) is 11.5 Å². The van der Waals surface area contributed by atoms with Crippen molar-refractivity contribution in [1.82, 2.24) is 4.90 Å². The third-order valence-electron chi connectivity index (χ3n) is 6.97. The van der Waals surface area contributed by atoms with Crippen molar-refractivity contribution >= 4 is 37.6 Å². The van der Waals surface area contributed by atoms with E-state index in [1.165, 1.54) is 0 Å². The molecule has 1 aliphatic carbocycles. The summed E-state index contributed by atoms with van der Waals surface area (Å²) in [7, 11) is 1.62. The van der Waals surface area contributed by atoms with Crippen molar-refractivity contribution in [3.63, 3.8) is 0 Å². The van der Waals surface area contributed by atoms with Crippen LogP contribution in [0.4, 0.5) is 0 Å². The second kappa shape index (κ2) is 12.2. The summed E-state index contributed by atoms with van der Waals surface area (Å²) >= 11 is 7.13. The highest BCUT2D eigenvalue weighted by molar-refractivity contribution is 9.10. The number of carbonyl (C=O) groups is 1. The van der Waals surface area contributed by atoms with E-state index in [0.717, 1.165) is 21.3 Å². The molecule has 0 bridgehead atoms. The minimum Gasteiger partial charge on any atom is -0.490 e. The van der Waals surface area contributed by atoms with Crippen molar-refractivity contribution in [2.24, 2.45) is 11.1 Å². The van der Waals surface area contributed by atoms with Crippen molar-refractivity contribution in [1.29, 1.82) is 5.26 Å². The van der Waals surface area contributed by atoms with Crippen LogP contribution in [0.2, 0.25) is 0 Å². The van der Waals surface area contributed by atoms with Crippen molar-refractivity contribution in [2.45, 2.75) is 46.1 Å². The van der Waals surface area contributed by atoms with Gasteiger partial charge in [0.25, 0.3) is 0 Å². The smallest absolute Gasteiger partial charge is 0.175 e. The molecule has 0 spiro atoms. The SMILES string of the molecule is CCOc1cc([C@H]2C(C#N)=C(N)N(CCOC)C3=C2C(=O)CC(C)(C)C3)cc(Br)c1OCc1ccc(Br)cc1. The molecule has 206 valence electrons. The molecule has 2 aliphatic rings. The molecule has 39 heavy (non-hydrogen) atoms. The fraction of sp³-hybridized carbons (Fsp3) is 0.400. The fourth-order valence-electron chi connectivity index (χ4n) is 5.24. The highest BCUT2D eigenvalue weighted by atomic mass is 79.9. The number of methoxy groups -OCH3 is 1. The Morgan fingerprint density at radius 3 is 2.51 bits per heavy atom. The first-order valence-electron chi connectivity index (χ1n) is 12.9. The van der Waals surface area contributed by atoms with E-state index in [2.05, 4.69) is 51.8 Å². The van der Waals surface area contributed by atoms with E-state index in [1.54, 1.807) is 7.11 Å². The van der Waals surface area contributed by atoms with Crippen LogP contribution >= 0.6 is 31.9 Å². The molecule has 0 saturated carbocycles. The lowest BCUT2D eigenvalue weighted by molar-refractivity contribution is -0.118. The number of Topliss-reactive ketones (excluding diaryl/α,β-unsaturated/α-hetero) is 1. The molecular formula is C30H33Br2N3O4. The predicted octanol–water partition coefficient (Wildman–Crippen LogP) is 6.57. The topological polar surface area (TPSA) is 97.8 Å². The number of ketones is 1. The molecule has 0 saturated heterocycles. The van der Waals surface area contributed by atoms with Gasteiger partial charge in [-0.25, -0.2) is 0 Å². The van der Waals surface area contributed by atoms with Gasteiger partial charge in [0.05, 0.1) is 35.2 Å². The number of nitrogens with two attached hydrogens (primary N) is 1. The number of rotatable bonds is 9. The molecule has 1 aliphatic heterocycles. The van der Waals surface area contributed by atoms with Crippen molar-refractivity contribution < 1.29 is 19.0 Å². The van der Waals surface area contributed by atoms with Gasteiger partial charge in [-0.15, -0.1) is 0 Å². The van der Waals surface area contributed by atoms with Crippen LogP contribution < -0.4 is 15.2 Å². The maximum atomic E-state index is 13.7. The Labute approximate surface area is 246 Å². The van der Waals surface area contributed by atoms with Crippen LogP contribution in [-0.2, 0) is 16.1 Å². The molecule has 7 nitrogen and oxygen atoms in total. The van der Waals surface area contributed by atoms with Crippen LogP contribution in [0.15, 0.2) is 68.0 Å². The van der Waals surface area contributed by atoms with E-state index >= 15 is 0 Å². The van der Waals surface area contributed by atoms with Crippen LogP contribution in [0.25, 0.3) is 0 Å². The van der Waals surface area contributed by atoms with Gasteiger partial charge in [-0.3, -0.25) is 4.79 Å². The largest absolute Gasteiger partial charge is 0.490 e. The van der Waals surface area contributed by atoms with Gasteiger partial charge >= 0.3 is 0 Å². The van der Waals surface area contributed by atoms with E-state index in [4.69, 9.17) is 19.9 Å². The zero-order chi connectivity index (χ0) is 28.3. The number of nitrogens with zero attached hydrogens (tertiary/aromatic N) is 2. The van der Waals surface area contributed by atoms with Gasteiger partial charge in [-0.1, -0.05) is 41.9 Å². The number of carbonyl (C=O) groups excluding carboxylic acids is 1. The zero-order valence-corrected chi connectivity index (χ0v) is 25.8. The van der Waals surface area contributed by atoms with Crippen LogP contribution in [0.3, 0.4) is 0 Å². The molecular weight excluding hydrogens is 626 g/mol. The fourth-order valence-corrected chi connectivity index (χ4v) is 6.08. The Bertz CT molecular complexity index is 1360. The number of benzene rings is 2. The van der Waals surface area contributed by atoms with Crippen LogP contribution in [0, 0.1) is 16.7 Å². The molecule has 1 heterocycles. The lowest BCUT2D eigenvalue weighted by Crippen LogP contribution is -2.43. The number of halogens is 2. The van der Waals surface area contributed by atoms with Gasteiger partial charge in [0, 0.05) is 35.8 Å². The average Bonchev–Trinajstić information content (AvgIpc) is 2.87. The number of hydrogen-bond acceptors (Lipinski definition) is 7. The molecule has 0 aromatic heterocycles. The van der Waals surface area contributed by atoms with Crippen molar-refractivity contribution in [3.05, 3.63) is 79.1 Å². The minimum absolute atomic E-state index is 0.0264. The maximum Gasteiger partial charge on any atom is 0.175 e. The standard InChI is InChI=1S/C30H33Br2N3O4/c1-5-38-25-13-19(12-22(32)28(25)39-17-18-6-8-20(31)9-7-18)26-21(16-33)29(34)35(10-11-37-4)23-14-30(2,3)15-24(36)27(23)26/h6-9,12-13,26H,5,10-11,14-15,17,34H2,1-4H3/t26-/m0/s1. The summed E-state index contributed by atoms with van der Waals surface area (Å²) in [6, 6.07) is 14.0. The van der Waals surface area contributed by atoms with E-state index < -0.39 is 5.92 Å². The summed E-state index contributed by atoms with van der Waals surface area (Å²) in [5, 5.41) is 10.3. The molecule has 9 heteroatoms. The summed E-state index contributed by atoms with van der Waals surface area (Å²) in [6.45, 7) is 7.71. The van der Waals surface area contributed by atoms with Gasteiger partial charge in [-0.2, -0.15) is 5.26 Å². The molecule has 2 aromatic carbocycles. The molecule has 4 rings (SSSR count). The average molecular weight is 659 g/mol. The molecule has 0 radical (unpaired) electrons. The molecule has 2 aromatic rings. The first kappa shape index (κ1) is 29.2. The van der Waals surface area contributed by atoms with Gasteiger partial charge in [0.2, 0.25) is 0 Å². The minimum atomic E-state index is -0.608. The first-order chi connectivity index (χ1) is 18.6. The van der Waals surface area contributed by atoms with Gasteiger partial charge < -0.3 is 24.8 Å². The predicted molar refractivity (Wildman–Crippen MR) is 157 cm³/mol. The normalized spacial score (nSPS) is 18.6. The quantitative estimate of drug-likeness (QED) is 0.325. The first-order valence-corrected chi connectivity index (χ1v) is 14.4. The summed E-state index contributed by atoms with van der Waals surface area (Å²) in [4.78, 5) is 15.6. The third kappa shape index (κ3) is 6.19. The summed E-state index contributed by atoms with van der Waals surface area (Å²) in [5.74, 6) is 0.861. The lowest BCUT2D eigenvalue weighted by Gasteiger charge is -2.43. The number of allylic oxidation sites excluding steroid dienone is 3. The molecule has 1 atom stereocenters. The molecule has 0 unspecified atom stereocenters. The van der Waals surface area contributed by atoms with E-state index in [0.29, 0.717) is 72.1 Å². The lowest BCUT2D eigenvalue weighted by atomic mass is 9.68. The summed E-state index contributed by atoms with van der Waals surface area (Å²) in [5.41, 5.74) is 9.99. The molecule has 0 fully saturated rings. The summed E-state index contributed by atoms with van der Waals surface area (Å²) < 4.78 is 19.2. The monoisotopic (exact) mass is 657 g/mol. The Kier molecular flexibility index (Phi) is 9.10. The number of hydrogen-bond donors (Lipinski definition) is 1. The highest BCUT2D eigenvalue weighted by Crippen LogP contribution is 2.50. The van der Waals surface area contributed by atoms with E-state index in [9.17, 15) is 10.1 Å². The Hall–Kier alpha value is -2.80. The maximum absolute atomic E-state index is 13.7. The highest BCUT2D eigenvalue weighted by Gasteiger charge is 2.44. The Balaban J connectivity index is 1.81. The molecule has 0 amide bonds. The molecule has 2 N–H and O–H groups in total. The Morgan fingerprint density at radius 2 is 1.87 bits per heavy atom. The van der Waals surface area contributed by atoms with Crippen molar-refractivity contribution in [3.8, 4) is 17.6 Å². The van der Waals surface area contributed by atoms with E-state index in [1.807, 2.05) is 48.2 Å². The number of nitriles is 1. The van der Waals surface area contributed by atoms with Crippen molar-refractivity contribution in [2.75, 3.05) is 26.9 Å². The van der Waals surface area contributed by atoms with Gasteiger partial charge in [-0.05, 0) is 70.1 Å². The second-order valence-electron chi connectivity index (χ2n) is 10.5. The zero-order valence-electron chi connectivity index (χ0n) is 22.6. The second-order valence-corrected chi connectivity index (χ2v) is 12.2. The van der Waals surface area contributed by atoms with Crippen LogP contribution in [0.1, 0.15) is 50.7 Å². The summed E-state index contributed by atoms with van der Waals surface area (Å²) in [6.07, 6.45) is 1.06. The van der Waals surface area contributed by atoms with Gasteiger partial charge in [0.15, 0.2) is 17.3 Å². The van der Waals surface area contributed by atoms with Gasteiger partial charge in [0.1, 0.15) is 12.4 Å².